The molecular weight excluding hydrogens is 425 g/mol. The van der Waals surface area contributed by atoms with E-state index in [9.17, 15) is 4.79 Å². The number of fused-ring (bicyclic) bond motifs is 1. The van der Waals surface area contributed by atoms with E-state index in [1.54, 1.807) is 6.07 Å². The third-order valence-electron chi connectivity index (χ3n) is 6.52. The maximum absolute atomic E-state index is 13.0. The van der Waals surface area contributed by atoms with Crippen LogP contribution in [0.1, 0.15) is 42.2 Å². The fourth-order valence-corrected chi connectivity index (χ4v) is 5.99. The molecule has 1 amide bonds. The second-order valence-corrected chi connectivity index (χ2v) is 9.27. The molecule has 2 aromatic carbocycles. The minimum atomic E-state index is -0.529. The van der Waals surface area contributed by atoms with E-state index in [4.69, 9.17) is 34.8 Å². The average Bonchev–Trinajstić information content (AvgIpc) is 2.93. The van der Waals surface area contributed by atoms with Gasteiger partial charge in [-0.1, -0.05) is 65.7 Å². The number of rotatable bonds is 4. The minimum absolute atomic E-state index is 0.0334. The predicted octanol–water partition coefficient (Wildman–Crippen LogP) is 7.13. The van der Waals surface area contributed by atoms with Crippen molar-refractivity contribution in [1.82, 2.24) is 5.32 Å². The molecule has 4 rings (SSSR count). The molecule has 2 aromatic rings. The van der Waals surface area contributed by atoms with Gasteiger partial charge in [-0.25, -0.2) is 0 Å². The maximum atomic E-state index is 13.0. The van der Waals surface area contributed by atoms with Crippen LogP contribution in [-0.4, -0.2) is 5.91 Å². The lowest BCUT2D eigenvalue weighted by Crippen LogP contribution is -2.42. The highest BCUT2D eigenvalue weighted by Crippen LogP contribution is 2.61. The summed E-state index contributed by atoms with van der Waals surface area (Å²) in [7, 11) is 0. The van der Waals surface area contributed by atoms with Gasteiger partial charge < -0.3 is 5.32 Å². The Hall–Kier alpha value is -1.74. The Morgan fingerprint density at radius 2 is 1.79 bits per heavy atom. The largest absolute Gasteiger partial charge is 0.330 e. The zero-order chi connectivity index (χ0) is 20.8. The van der Waals surface area contributed by atoms with Gasteiger partial charge in [0.15, 0.2) is 0 Å². The second-order valence-electron chi connectivity index (χ2n) is 7.99. The van der Waals surface area contributed by atoms with Crippen LogP contribution in [0.3, 0.4) is 0 Å². The van der Waals surface area contributed by atoms with Crippen molar-refractivity contribution in [2.45, 2.75) is 31.1 Å². The number of hydrogen-bond acceptors (Lipinski definition) is 1. The summed E-state index contributed by atoms with van der Waals surface area (Å²) in [6.07, 6.45) is 4.05. The van der Waals surface area contributed by atoms with Crippen LogP contribution < -0.4 is 5.32 Å². The van der Waals surface area contributed by atoms with Gasteiger partial charge >= 0.3 is 0 Å². The molecule has 150 valence electrons. The van der Waals surface area contributed by atoms with Gasteiger partial charge in [-0.05, 0) is 60.6 Å². The van der Waals surface area contributed by atoms with E-state index >= 15 is 0 Å². The van der Waals surface area contributed by atoms with Crippen LogP contribution in [-0.2, 0) is 4.79 Å². The number of carbonyl (C=O) groups excluding carboxylic acids is 1. The van der Waals surface area contributed by atoms with Crippen molar-refractivity contribution in [3.05, 3.63) is 93.6 Å². The van der Waals surface area contributed by atoms with E-state index in [-0.39, 0.29) is 23.7 Å². The molecule has 1 unspecified atom stereocenters. The molecule has 1 saturated heterocycles. The average molecular weight is 447 g/mol. The molecule has 1 heterocycles. The first-order valence-corrected chi connectivity index (χ1v) is 10.8. The van der Waals surface area contributed by atoms with Gasteiger partial charge in [0.2, 0.25) is 5.91 Å². The molecule has 0 spiro atoms. The van der Waals surface area contributed by atoms with Crippen molar-refractivity contribution in [1.29, 1.82) is 0 Å². The van der Waals surface area contributed by atoms with Crippen LogP contribution in [0.5, 0.6) is 0 Å². The van der Waals surface area contributed by atoms with Gasteiger partial charge in [0, 0.05) is 32.6 Å². The van der Waals surface area contributed by atoms with E-state index in [0.717, 1.165) is 29.7 Å². The van der Waals surface area contributed by atoms with E-state index in [0.29, 0.717) is 21.5 Å². The highest BCUT2D eigenvalue weighted by atomic mass is 35.5. The Bertz CT molecular complexity index is 984. The Morgan fingerprint density at radius 1 is 1.10 bits per heavy atom. The van der Waals surface area contributed by atoms with Gasteiger partial charge in [-0.3, -0.25) is 4.79 Å². The van der Waals surface area contributed by atoms with Crippen LogP contribution in [0.2, 0.25) is 15.1 Å². The molecule has 29 heavy (non-hydrogen) atoms. The first kappa shape index (κ1) is 20.5. The fourth-order valence-electron chi connectivity index (χ4n) is 5.32. The Labute approximate surface area is 186 Å². The fraction of sp³-hybridized carbons (Fsp3) is 0.292. The SMILES string of the molecule is C=CC[C@@]12CC[C@@H](c3ccc(Cl)cc3Cl)C(c3ccc(Cl)cc3)[C@@H]1C(=C)NC2=O. The van der Waals surface area contributed by atoms with Crippen molar-refractivity contribution < 1.29 is 4.79 Å². The van der Waals surface area contributed by atoms with Crippen LogP contribution in [0.25, 0.3) is 0 Å². The Balaban J connectivity index is 1.89. The first-order chi connectivity index (χ1) is 13.9. The summed E-state index contributed by atoms with van der Waals surface area (Å²) in [5, 5.41) is 4.98. The van der Waals surface area contributed by atoms with Gasteiger partial charge in [0.05, 0.1) is 5.41 Å². The standard InChI is InChI=1S/C24H22Cl3NO/c1-3-11-24-12-10-19(18-9-8-17(26)13-20(18)27)21(15-4-6-16(25)7-5-15)22(24)14(2)28-23(24)29/h3-9,13,19,21-22H,1-2,10-12H2,(H,28,29)/t19-,21?,22-,24+/m0/s1. The third kappa shape index (κ3) is 3.42. The van der Waals surface area contributed by atoms with Gasteiger partial charge in [-0.15, -0.1) is 6.58 Å². The highest BCUT2D eigenvalue weighted by molar-refractivity contribution is 6.35. The summed E-state index contributed by atoms with van der Waals surface area (Å²) in [5.74, 6) is 0.158. The molecule has 2 aliphatic rings. The lowest BCUT2D eigenvalue weighted by molar-refractivity contribution is -0.130. The molecule has 4 atom stereocenters. The monoisotopic (exact) mass is 445 g/mol. The van der Waals surface area contributed by atoms with Crippen LogP contribution in [0.15, 0.2) is 67.4 Å². The maximum Gasteiger partial charge on any atom is 0.231 e. The summed E-state index contributed by atoms with van der Waals surface area (Å²) < 4.78 is 0. The third-order valence-corrected chi connectivity index (χ3v) is 7.33. The van der Waals surface area contributed by atoms with E-state index < -0.39 is 5.41 Å². The van der Waals surface area contributed by atoms with E-state index in [2.05, 4.69) is 18.5 Å². The number of halogens is 3. The van der Waals surface area contributed by atoms with Crippen molar-refractivity contribution >= 4 is 40.7 Å². The number of allylic oxidation sites excluding steroid dienone is 2. The molecule has 1 aliphatic heterocycles. The molecule has 1 saturated carbocycles. The second kappa shape index (κ2) is 7.83. The van der Waals surface area contributed by atoms with Crippen LogP contribution in [0, 0.1) is 11.3 Å². The van der Waals surface area contributed by atoms with Crippen LogP contribution >= 0.6 is 34.8 Å². The number of benzene rings is 2. The first-order valence-electron chi connectivity index (χ1n) is 9.69. The van der Waals surface area contributed by atoms with Crippen molar-refractivity contribution in [3.8, 4) is 0 Å². The summed E-state index contributed by atoms with van der Waals surface area (Å²) in [5.41, 5.74) is 2.42. The number of amides is 1. The molecule has 0 bridgehead atoms. The number of carbonyl (C=O) groups is 1. The van der Waals surface area contributed by atoms with Gasteiger partial charge in [0.25, 0.3) is 0 Å². The summed E-state index contributed by atoms with van der Waals surface area (Å²) in [4.78, 5) is 13.0. The van der Waals surface area contributed by atoms with Crippen molar-refractivity contribution in [2.24, 2.45) is 11.3 Å². The quantitative estimate of drug-likeness (QED) is 0.497. The van der Waals surface area contributed by atoms with Crippen molar-refractivity contribution in [2.75, 3.05) is 0 Å². The molecule has 1 aliphatic carbocycles. The zero-order valence-corrected chi connectivity index (χ0v) is 18.2. The lowest BCUT2D eigenvalue weighted by Gasteiger charge is -2.46. The Morgan fingerprint density at radius 3 is 2.45 bits per heavy atom. The van der Waals surface area contributed by atoms with Gasteiger partial charge in [-0.2, -0.15) is 0 Å². The minimum Gasteiger partial charge on any atom is -0.330 e. The normalized spacial score (nSPS) is 28.7. The molecule has 1 N–H and O–H groups in total. The number of nitrogens with one attached hydrogen (secondary N) is 1. The molecule has 2 nitrogen and oxygen atoms in total. The topological polar surface area (TPSA) is 29.1 Å². The Kier molecular flexibility index (Phi) is 5.54. The number of hydrogen-bond donors (Lipinski definition) is 1. The molecule has 2 fully saturated rings. The summed E-state index contributed by atoms with van der Waals surface area (Å²) in [6, 6.07) is 13.6. The summed E-state index contributed by atoms with van der Waals surface area (Å²) in [6.45, 7) is 8.14. The summed E-state index contributed by atoms with van der Waals surface area (Å²) >= 11 is 18.9. The molecule has 0 radical (unpaired) electrons. The zero-order valence-electron chi connectivity index (χ0n) is 15.9. The molecule has 0 aromatic heterocycles. The van der Waals surface area contributed by atoms with E-state index in [1.807, 2.05) is 42.5 Å². The highest BCUT2D eigenvalue weighted by Gasteiger charge is 2.58. The van der Waals surface area contributed by atoms with Gasteiger partial charge in [0.1, 0.15) is 0 Å². The molecular formula is C24H22Cl3NO. The molecule has 5 heteroatoms. The lowest BCUT2D eigenvalue weighted by atomic mass is 9.55. The van der Waals surface area contributed by atoms with Crippen molar-refractivity contribution in [3.63, 3.8) is 0 Å². The van der Waals surface area contributed by atoms with Crippen LogP contribution in [0.4, 0.5) is 0 Å². The van der Waals surface area contributed by atoms with E-state index in [1.165, 1.54) is 0 Å². The smallest absolute Gasteiger partial charge is 0.231 e. The predicted molar refractivity (Wildman–Crippen MR) is 121 cm³/mol.